The molecule has 2 aromatic rings. The van der Waals surface area contributed by atoms with Gasteiger partial charge in [-0.2, -0.15) is 0 Å². The summed E-state index contributed by atoms with van der Waals surface area (Å²) < 4.78 is 10.5. The van der Waals surface area contributed by atoms with Crippen LogP contribution in [0.15, 0.2) is 36.4 Å². The molecule has 3 rings (SSSR count). The molecule has 136 valence electrons. The highest BCUT2D eigenvalue weighted by Crippen LogP contribution is 2.27. The van der Waals surface area contributed by atoms with Crippen LogP contribution in [0.3, 0.4) is 0 Å². The first kappa shape index (κ1) is 18.3. The molecule has 0 N–H and O–H groups in total. The second kappa shape index (κ2) is 8.25. The van der Waals surface area contributed by atoms with Crippen LogP contribution in [0.2, 0.25) is 0 Å². The Labute approximate surface area is 155 Å². The van der Waals surface area contributed by atoms with Gasteiger partial charge in [0.2, 0.25) is 5.91 Å². The van der Waals surface area contributed by atoms with Crippen LogP contribution >= 0.6 is 11.3 Å². The van der Waals surface area contributed by atoms with Crippen LogP contribution in [0.4, 0.5) is 5.69 Å². The highest BCUT2D eigenvalue weighted by Gasteiger charge is 2.32. The summed E-state index contributed by atoms with van der Waals surface area (Å²) in [5.41, 5.74) is 1.35. The Morgan fingerprint density at radius 2 is 2.04 bits per heavy atom. The number of benzene rings is 1. The second-order valence-corrected chi connectivity index (χ2v) is 7.11. The van der Waals surface area contributed by atoms with Crippen LogP contribution in [0, 0.1) is 0 Å². The number of amides is 1. The summed E-state index contributed by atoms with van der Waals surface area (Å²) in [4.78, 5) is 37.7. The van der Waals surface area contributed by atoms with Crippen LogP contribution in [-0.4, -0.2) is 37.9 Å². The van der Waals surface area contributed by atoms with Crippen molar-refractivity contribution in [3.8, 4) is 0 Å². The predicted octanol–water partition coefficient (Wildman–Crippen LogP) is 3.06. The highest BCUT2D eigenvalue weighted by atomic mass is 32.1. The van der Waals surface area contributed by atoms with Gasteiger partial charge in [-0.05, 0) is 42.8 Å². The average molecular weight is 373 g/mol. The summed E-state index contributed by atoms with van der Waals surface area (Å²) in [5, 5.41) is 0. The van der Waals surface area contributed by atoms with Crippen molar-refractivity contribution in [2.24, 2.45) is 0 Å². The Balaban J connectivity index is 1.59. The number of esters is 1. The van der Waals surface area contributed by atoms with E-state index in [0.717, 1.165) is 23.3 Å². The predicted molar refractivity (Wildman–Crippen MR) is 97.7 cm³/mol. The lowest BCUT2D eigenvalue weighted by Crippen LogP contribution is -2.36. The van der Waals surface area contributed by atoms with Gasteiger partial charge in [0.25, 0.3) is 0 Å². The van der Waals surface area contributed by atoms with Gasteiger partial charge in [0.15, 0.2) is 0 Å². The van der Waals surface area contributed by atoms with Gasteiger partial charge >= 0.3 is 5.97 Å². The number of methoxy groups -OCH3 is 1. The van der Waals surface area contributed by atoms with Gasteiger partial charge in [0.05, 0.1) is 26.4 Å². The largest absolute Gasteiger partial charge is 0.465 e. The molecule has 1 aliphatic heterocycles. The normalized spacial score (nSPS) is 16.7. The molecular weight excluding hydrogens is 354 g/mol. The van der Waals surface area contributed by atoms with E-state index in [4.69, 9.17) is 9.47 Å². The molecule has 1 saturated heterocycles. The molecular formula is C19H19NO5S. The van der Waals surface area contributed by atoms with Gasteiger partial charge in [-0.15, -0.1) is 11.3 Å². The van der Waals surface area contributed by atoms with Gasteiger partial charge in [-0.1, -0.05) is 0 Å². The van der Waals surface area contributed by atoms with Crippen LogP contribution in [0.1, 0.15) is 37.7 Å². The maximum absolute atomic E-state index is 12.2. The number of carbonyl (C=O) groups excluding carboxylic acids is 3. The lowest BCUT2D eigenvalue weighted by Gasteiger charge is -2.24. The topological polar surface area (TPSA) is 72.9 Å². The molecule has 2 heterocycles. The van der Waals surface area contributed by atoms with Crippen LogP contribution in [0.25, 0.3) is 0 Å². The van der Waals surface area contributed by atoms with Crippen molar-refractivity contribution < 1.29 is 23.9 Å². The van der Waals surface area contributed by atoms with E-state index in [1.54, 1.807) is 35.2 Å². The zero-order valence-electron chi connectivity index (χ0n) is 14.3. The third-order valence-electron chi connectivity index (χ3n) is 4.24. The fourth-order valence-corrected chi connectivity index (χ4v) is 3.79. The molecule has 0 saturated carbocycles. The summed E-state index contributed by atoms with van der Waals surface area (Å²) in [6.07, 6.45) is 1.99. The van der Waals surface area contributed by atoms with Crippen molar-refractivity contribution >= 4 is 35.2 Å². The Morgan fingerprint density at radius 1 is 1.27 bits per heavy atom. The third-order valence-corrected chi connectivity index (χ3v) is 5.27. The fourth-order valence-electron chi connectivity index (χ4n) is 2.93. The summed E-state index contributed by atoms with van der Waals surface area (Å²) in [7, 11) is 1.35. The van der Waals surface area contributed by atoms with Gasteiger partial charge in [-0.25, -0.2) is 4.79 Å². The molecule has 7 heteroatoms. The first-order valence-corrected chi connectivity index (χ1v) is 9.06. The van der Waals surface area contributed by atoms with Crippen molar-refractivity contribution in [1.82, 2.24) is 0 Å². The minimum Gasteiger partial charge on any atom is -0.465 e. The molecule has 0 aliphatic carbocycles. The van der Waals surface area contributed by atoms with Crippen molar-refractivity contribution in [1.29, 1.82) is 0 Å². The number of nitrogens with zero attached hydrogens (tertiary/aromatic N) is 1. The van der Waals surface area contributed by atoms with E-state index in [0.29, 0.717) is 30.1 Å². The number of anilines is 1. The summed E-state index contributed by atoms with van der Waals surface area (Å²) in [6, 6.07) is 10.5. The smallest absolute Gasteiger partial charge is 0.348 e. The van der Waals surface area contributed by atoms with Crippen LogP contribution in [0.5, 0.6) is 0 Å². The molecule has 1 aromatic carbocycles. The zero-order valence-corrected chi connectivity index (χ0v) is 15.2. The standard InChI is InChI=1S/C19H19NO5S/c1-24-19(23)17-8-7-16(26-17)12-25-11-15-6-9-18(22)20(15)14-4-2-13(10-21)3-5-14/h2-5,7-8,10,15H,6,9,11-12H2,1H3/t15-/m1/s1. The molecule has 26 heavy (non-hydrogen) atoms. The Morgan fingerprint density at radius 3 is 2.73 bits per heavy atom. The fraction of sp³-hybridized carbons (Fsp3) is 0.316. The molecule has 0 unspecified atom stereocenters. The van der Waals surface area contributed by atoms with Gasteiger partial charge < -0.3 is 14.4 Å². The number of hydrogen-bond acceptors (Lipinski definition) is 6. The molecule has 1 atom stereocenters. The van der Waals surface area contributed by atoms with E-state index in [-0.39, 0.29) is 17.9 Å². The second-order valence-electron chi connectivity index (χ2n) is 5.94. The van der Waals surface area contributed by atoms with E-state index in [1.165, 1.54) is 18.4 Å². The highest BCUT2D eigenvalue weighted by molar-refractivity contribution is 7.13. The third kappa shape index (κ3) is 4.00. The minimum atomic E-state index is -0.354. The molecule has 0 spiro atoms. The average Bonchev–Trinajstić information content (AvgIpc) is 3.28. The first-order chi connectivity index (χ1) is 12.6. The number of thiophene rings is 1. The quantitative estimate of drug-likeness (QED) is 0.551. The van der Waals surface area contributed by atoms with Gasteiger partial charge in [0.1, 0.15) is 11.2 Å². The van der Waals surface area contributed by atoms with Crippen molar-refractivity contribution in [3.05, 3.63) is 51.7 Å². The first-order valence-electron chi connectivity index (χ1n) is 8.24. The minimum absolute atomic E-state index is 0.0374. The molecule has 1 aromatic heterocycles. The lowest BCUT2D eigenvalue weighted by molar-refractivity contribution is -0.117. The van der Waals surface area contributed by atoms with Crippen molar-refractivity contribution in [3.63, 3.8) is 0 Å². The monoisotopic (exact) mass is 373 g/mol. The Kier molecular flexibility index (Phi) is 5.80. The molecule has 1 amide bonds. The van der Waals surface area contributed by atoms with Gasteiger partial charge in [0, 0.05) is 22.5 Å². The Bertz CT molecular complexity index is 799. The van der Waals surface area contributed by atoms with Crippen molar-refractivity contribution in [2.75, 3.05) is 18.6 Å². The maximum Gasteiger partial charge on any atom is 0.348 e. The van der Waals surface area contributed by atoms with Gasteiger partial charge in [-0.3, -0.25) is 9.59 Å². The van der Waals surface area contributed by atoms with E-state index in [2.05, 4.69) is 0 Å². The SMILES string of the molecule is COC(=O)c1ccc(COC[C@H]2CCC(=O)N2c2ccc(C=O)cc2)s1. The number of ether oxygens (including phenoxy) is 2. The van der Waals surface area contributed by atoms with Crippen LogP contribution < -0.4 is 4.90 Å². The van der Waals surface area contributed by atoms with E-state index in [9.17, 15) is 14.4 Å². The lowest BCUT2D eigenvalue weighted by atomic mass is 10.2. The summed E-state index contributed by atoms with van der Waals surface area (Å²) >= 11 is 1.34. The number of rotatable bonds is 7. The Hall–Kier alpha value is -2.51. The number of hydrogen-bond donors (Lipinski definition) is 0. The van der Waals surface area contributed by atoms with Crippen molar-refractivity contribution in [2.45, 2.75) is 25.5 Å². The maximum atomic E-state index is 12.2. The number of carbonyl (C=O) groups is 3. The van der Waals surface area contributed by atoms with E-state index >= 15 is 0 Å². The summed E-state index contributed by atoms with van der Waals surface area (Å²) in [6.45, 7) is 0.789. The van der Waals surface area contributed by atoms with Crippen LogP contribution in [-0.2, 0) is 20.9 Å². The molecule has 6 nitrogen and oxygen atoms in total. The van der Waals surface area contributed by atoms with E-state index < -0.39 is 0 Å². The van der Waals surface area contributed by atoms with E-state index in [1.807, 2.05) is 6.07 Å². The number of aldehydes is 1. The molecule has 1 fully saturated rings. The summed E-state index contributed by atoms with van der Waals surface area (Å²) in [5.74, 6) is -0.297. The zero-order chi connectivity index (χ0) is 18.5. The molecule has 0 radical (unpaired) electrons. The molecule has 0 bridgehead atoms. The molecule has 1 aliphatic rings.